The van der Waals surface area contributed by atoms with E-state index < -0.39 is 15.1 Å². The van der Waals surface area contributed by atoms with Crippen molar-refractivity contribution in [3.63, 3.8) is 0 Å². The minimum absolute atomic E-state index is 0.103. The molecule has 0 aromatic carbocycles. The second-order valence-corrected chi connectivity index (χ2v) is 9.15. The van der Waals surface area contributed by atoms with Crippen molar-refractivity contribution >= 4 is 15.7 Å². The Morgan fingerprint density at radius 3 is 2.52 bits per heavy atom. The Labute approximate surface area is 128 Å². The van der Waals surface area contributed by atoms with Gasteiger partial charge in [0.15, 0.2) is 9.84 Å². The highest BCUT2D eigenvalue weighted by atomic mass is 32.2. The molecule has 21 heavy (non-hydrogen) atoms. The highest BCUT2D eigenvalue weighted by Gasteiger charge is 2.38. The topological polar surface area (TPSA) is 66.5 Å². The number of piperidine rings is 1. The summed E-state index contributed by atoms with van der Waals surface area (Å²) < 4.78 is 23.8. The lowest BCUT2D eigenvalue weighted by Gasteiger charge is -2.38. The molecule has 122 valence electrons. The molecule has 0 saturated carbocycles. The van der Waals surface area contributed by atoms with Crippen molar-refractivity contribution in [1.82, 2.24) is 10.2 Å². The lowest BCUT2D eigenvalue weighted by atomic mass is 9.84. The van der Waals surface area contributed by atoms with Gasteiger partial charge in [0.1, 0.15) is 0 Å². The molecule has 2 aliphatic rings. The van der Waals surface area contributed by atoms with Crippen LogP contribution in [-0.4, -0.2) is 55.9 Å². The van der Waals surface area contributed by atoms with Gasteiger partial charge in [-0.2, -0.15) is 0 Å². The molecule has 0 spiro atoms. The molecule has 0 radical (unpaired) electrons. The number of nitrogens with one attached hydrogen (secondary N) is 1. The Morgan fingerprint density at radius 2 is 1.90 bits per heavy atom. The van der Waals surface area contributed by atoms with Crippen molar-refractivity contribution < 1.29 is 13.2 Å². The zero-order chi connectivity index (χ0) is 15.6. The van der Waals surface area contributed by atoms with Gasteiger partial charge in [0.25, 0.3) is 0 Å². The first kappa shape index (κ1) is 16.7. The first-order chi connectivity index (χ1) is 9.83. The summed E-state index contributed by atoms with van der Waals surface area (Å²) in [6.45, 7) is 8.16. The van der Waals surface area contributed by atoms with E-state index in [1.54, 1.807) is 11.8 Å². The second kappa shape index (κ2) is 6.65. The predicted molar refractivity (Wildman–Crippen MR) is 83.8 cm³/mol. The van der Waals surface area contributed by atoms with Gasteiger partial charge in [0.05, 0.1) is 11.0 Å². The van der Waals surface area contributed by atoms with Crippen LogP contribution in [0, 0.1) is 11.8 Å². The van der Waals surface area contributed by atoms with Crippen LogP contribution in [0.1, 0.15) is 40.0 Å². The number of hydrogen-bond acceptors (Lipinski definition) is 4. The normalized spacial score (nSPS) is 31.9. The van der Waals surface area contributed by atoms with Crippen LogP contribution in [0.5, 0.6) is 0 Å². The molecule has 0 bridgehead atoms. The van der Waals surface area contributed by atoms with Crippen LogP contribution in [0.3, 0.4) is 0 Å². The van der Waals surface area contributed by atoms with E-state index in [0.29, 0.717) is 24.8 Å². The molecule has 2 aliphatic heterocycles. The molecule has 1 N–H and O–H groups in total. The average Bonchev–Trinajstić information content (AvgIpc) is 2.45. The van der Waals surface area contributed by atoms with Gasteiger partial charge in [0, 0.05) is 19.0 Å². The zero-order valence-corrected chi connectivity index (χ0v) is 14.2. The van der Waals surface area contributed by atoms with Crippen molar-refractivity contribution in [3.8, 4) is 0 Å². The maximum Gasteiger partial charge on any atom is 0.223 e. The predicted octanol–water partition coefficient (Wildman–Crippen LogP) is 1.05. The lowest BCUT2D eigenvalue weighted by molar-refractivity contribution is -0.134. The van der Waals surface area contributed by atoms with Crippen molar-refractivity contribution in [2.75, 3.05) is 25.4 Å². The summed E-state index contributed by atoms with van der Waals surface area (Å²) in [5.74, 6) is 1.21. The number of carbonyl (C=O) groups is 1. The number of nitrogens with zero attached hydrogens (tertiary/aromatic N) is 1. The molecular formula is C15H28N2O3S. The van der Waals surface area contributed by atoms with E-state index in [9.17, 15) is 13.2 Å². The highest BCUT2D eigenvalue weighted by Crippen LogP contribution is 2.27. The Hall–Kier alpha value is -0.620. The van der Waals surface area contributed by atoms with Crippen LogP contribution >= 0.6 is 0 Å². The molecule has 0 aromatic heterocycles. The Kier molecular flexibility index (Phi) is 5.30. The van der Waals surface area contributed by atoms with Crippen LogP contribution in [0.15, 0.2) is 0 Å². The Balaban J connectivity index is 1.94. The third-order valence-electron chi connectivity index (χ3n) is 5.36. The standard InChI is InChI=1S/C15H28N2O3S/c1-11(14-4-6-16-7-5-14)10-15(18)17-8-9-21(19,20)13(3)12(17)2/h11-14,16H,4-10H2,1-3H3. The maximum absolute atomic E-state index is 12.5. The zero-order valence-electron chi connectivity index (χ0n) is 13.3. The molecule has 2 saturated heterocycles. The summed E-state index contributed by atoms with van der Waals surface area (Å²) >= 11 is 0. The van der Waals surface area contributed by atoms with Gasteiger partial charge in [0.2, 0.25) is 5.91 Å². The third kappa shape index (κ3) is 3.77. The summed E-state index contributed by atoms with van der Waals surface area (Å²) in [7, 11) is -3.03. The van der Waals surface area contributed by atoms with Gasteiger partial charge in [-0.05, 0) is 51.6 Å². The number of amides is 1. The van der Waals surface area contributed by atoms with Crippen LogP contribution in [0.2, 0.25) is 0 Å². The van der Waals surface area contributed by atoms with Crippen LogP contribution in [-0.2, 0) is 14.6 Å². The van der Waals surface area contributed by atoms with E-state index in [2.05, 4.69) is 12.2 Å². The second-order valence-electron chi connectivity index (χ2n) is 6.67. The van der Waals surface area contributed by atoms with Gasteiger partial charge in [-0.15, -0.1) is 0 Å². The highest BCUT2D eigenvalue weighted by molar-refractivity contribution is 7.92. The van der Waals surface area contributed by atoms with E-state index in [0.717, 1.165) is 25.9 Å². The van der Waals surface area contributed by atoms with Gasteiger partial charge < -0.3 is 10.2 Å². The fourth-order valence-electron chi connectivity index (χ4n) is 3.49. The molecule has 5 nitrogen and oxygen atoms in total. The lowest BCUT2D eigenvalue weighted by Crippen LogP contribution is -2.54. The van der Waals surface area contributed by atoms with E-state index >= 15 is 0 Å². The van der Waals surface area contributed by atoms with E-state index in [1.165, 1.54) is 0 Å². The number of sulfone groups is 1. The van der Waals surface area contributed by atoms with Crippen molar-refractivity contribution in [2.24, 2.45) is 11.8 Å². The van der Waals surface area contributed by atoms with Crippen molar-refractivity contribution in [2.45, 2.75) is 51.3 Å². The molecule has 2 fully saturated rings. The summed E-state index contributed by atoms with van der Waals surface area (Å²) in [5, 5.41) is 2.89. The van der Waals surface area contributed by atoms with E-state index in [-0.39, 0.29) is 17.7 Å². The van der Waals surface area contributed by atoms with Gasteiger partial charge >= 0.3 is 0 Å². The third-order valence-corrected chi connectivity index (χ3v) is 7.64. The number of carbonyl (C=O) groups excluding carboxylic acids is 1. The molecule has 1 amide bonds. The molecular weight excluding hydrogens is 288 g/mol. The van der Waals surface area contributed by atoms with E-state index in [4.69, 9.17) is 0 Å². The van der Waals surface area contributed by atoms with Gasteiger partial charge in [-0.25, -0.2) is 8.42 Å². The first-order valence-electron chi connectivity index (χ1n) is 8.04. The van der Waals surface area contributed by atoms with Gasteiger partial charge in [-0.1, -0.05) is 6.92 Å². The monoisotopic (exact) mass is 316 g/mol. The Morgan fingerprint density at radius 1 is 1.29 bits per heavy atom. The fraction of sp³-hybridized carbons (Fsp3) is 0.933. The quantitative estimate of drug-likeness (QED) is 0.845. The smallest absolute Gasteiger partial charge is 0.223 e. The molecule has 0 aliphatic carbocycles. The minimum atomic E-state index is -3.03. The van der Waals surface area contributed by atoms with Gasteiger partial charge in [-0.3, -0.25) is 4.79 Å². The van der Waals surface area contributed by atoms with Crippen molar-refractivity contribution in [1.29, 1.82) is 0 Å². The van der Waals surface area contributed by atoms with E-state index in [1.807, 2.05) is 6.92 Å². The molecule has 3 unspecified atom stereocenters. The molecule has 2 rings (SSSR count). The van der Waals surface area contributed by atoms with Crippen LogP contribution in [0.25, 0.3) is 0 Å². The van der Waals surface area contributed by atoms with Crippen molar-refractivity contribution in [3.05, 3.63) is 0 Å². The van der Waals surface area contributed by atoms with Crippen LogP contribution in [0.4, 0.5) is 0 Å². The summed E-state index contributed by atoms with van der Waals surface area (Å²) in [5.41, 5.74) is 0. The Bertz CT molecular complexity index is 471. The SMILES string of the molecule is CC(CC(=O)N1CCS(=O)(=O)C(C)C1C)C1CCNCC1. The molecule has 6 heteroatoms. The first-order valence-corrected chi connectivity index (χ1v) is 9.76. The summed E-state index contributed by atoms with van der Waals surface area (Å²) in [6, 6.07) is -0.212. The molecule has 3 atom stereocenters. The average molecular weight is 316 g/mol. The maximum atomic E-state index is 12.5. The van der Waals surface area contributed by atoms with Crippen LogP contribution < -0.4 is 5.32 Å². The largest absolute Gasteiger partial charge is 0.338 e. The molecule has 2 heterocycles. The summed E-state index contributed by atoms with van der Waals surface area (Å²) in [6.07, 6.45) is 2.81. The number of hydrogen-bond donors (Lipinski definition) is 1. The number of rotatable bonds is 3. The minimum Gasteiger partial charge on any atom is -0.338 e. The molecule has 0 aromatic rings. The summed E-state index contributed by atoms with van der Waals surface area (Å²) in [4.78, 5) is 14.3. The fourth-order valence-corrected chi connectivity index (χ4v) is 5.06.